The van der Waals surface area contributed by atoms with Gasteiger partial charge < -0.3 is 10.1 Å². The number of amides is 1. The average molecular weight is 313 g/mol. The van der Waals surface area contributed by atoms with Crippen LogP contribution in [-0.2, 0) is 4.74 Å². The Kier molecular flexibility index (Phi) is 4.80. The van der Waals surface area contributed by atoms with Crippen LogP contribution >= 0.6 is 11.6 Å². The number of nitrogens with zero attached hydrogens (tertiary/aromatic N) is 1. The van der Waals surface area contributed by atoms with Crippen molar-refractivity contribution in [2.45, 2.75) is 25.3 Å². The first-order valence-electron chi connectivity index (χ1n) is 6.69. The fourth-order valence-electron chi connectivity index (χ4n) is 2.45. The Morgan fingerprint density at radius 2 is 2.14 bits per heavy atom. The van der Waals surface area contributed by atoms with Crippen molar-refractivity contribution in [3.8, 4) is 0 Å². The number of carbonyl (C=O) groups excluding carboxylic acids is 1. The molecule has 7 heteroatoms. The quantitative estimate of drug-likeness (QED) is 0.526. The van der Waals surface area contributed by atoms with Gasteiger partial charge in [0, 0.05) is 24.7 Å². The Hall–Kier alpha value is -1.66. The lowest BCUT2D eigenvalue weighted by atomic mass is 9.91. The molecule has 0 aromatic heterocycles. The van der Waals surface area contributed by atoms with Crippen molar-refractivity contribution in [3.05, 3.63) is 39.4 Å². The van der Waals surface area contributed by atoms with E-state index in [-0.39, 0.29) is 17.1 Å². The van der Waals surface area contributed by atoms with E-state index in [0.717, 1.165) is 0 Å². The average Bonchev–Trinajstić information content (AvgIpc) is 2.47. The smallest absolute Gasteiger partial charge is 0.285 e. The van der Waals surface area contributed by atoms with Gasteiger partial charge >= 0.3 is 0 Å². The maximum atomic E-state index is 12.4. The predicted octanol–water partition coefficient (Wildman–Crippen LogP) is 2.42. The van der Waals surface area contributed by atoms with Crippen molar-refractivity contribution < 1.29 is 14.5 Å². The molecular weight excluding hydrogens is 296 g/mol. The van der Waals surface area contributed by atoms with Crippen LogP contribution in [0.2, 0.25) is 0 Å². The fraction of sp³-hybridized carbons (Fsp3) is 0.500. The van der Waals surface area contributed by atoms with Crippen LogP contribution < -0.4 is 5.32 Å². The molecule has 0 atom stereocenters. The summed E-state index contributed by atoms with van der Waals surface area (Å²) in [5, 5.41) is 14.0. The van der Waals surface area contributed by atoms with Crippen LogP contribution in [0.5, 0.6) is 0 Å². The van der Waals surface area contributed by atoms with Crippen LogP contribution in [-0.4, -0.2) is 35.5 Å². The van der Waals surface area contributed by atoms with Gasteiger partial charge in [0.1, 0.15) is 5.56 Å². The summed E-state index contributed by atoms with van der Waals surface area (Å²) in [6.45, 7) is 2.65. The van der Waals surface area contributed by atoms with Gasteiger partial charge in [0.15, 0.2) is 0 Å². The normalized spacial score (nSPS) is 17.2. The van der Waals surface area contributed by atoms with Crippen molar-refractivity contribution in [1.82, 2.24) is 5.32 Å². The Bertz CT molecular complexity index is 556. The number of hydrogen-bond acceptors (Lipinski definition) is 4. The van der Waals surface area contributed by atoms with Crippen molar-refractivity contribution in [2.24, 2.45) is 0 Å². The number of alkyl halides is 1. The molecule has 1 N–H and O–H groups in total. The highest BCUT2D eigenvalue weighted by Gasteiger charge is 2.35. The summed E-state index contributed by atoms with van der Waals surface area (Å²) < 4.78 is 5.28. The van der Waals surface area contributed by atoms with Crippen molar-refractivity contribution in [3.63, 3.8) is 0 Å². The van der Waals surface area contributed by atoms with Crippen molar-refractivity contribution in [2.75, 3.05) is 19.1 Å². The van der Waals surface area contributed by atoms with Crippen molar-refractivity contribution >= 4 is 23.2 Å². The molecule has 0 aliphatic carbocycles. The van der Waals surface area contributed by atoms with Gasteiger partial charge in [0.25, 0.3) is 11.6 Å². The minimum Gasteiger partial charge on any atom is -0.381 e. The topological polar surface area (TPSA) is 81.5 Å². The number of aryl methyl sites for hydroxylation is 1. The summed E-state index contributed by atoms with van der Waals surface area (Å²) >= 11 is 6.00. The molecule has 2 rings (SSSR count). The molecule has 1 aliphatic rings. The minimum absolute atomic E-state index is 0.0657. The Morgan fingerprint density at radius 3 is 2.71 bits per heavy atom. The number of carbonyl (C=O) groups is 1. The molecule has 0 saturated carbocycles. The molecule has 6 nitrogen and oxygen atoms in total. The first kappa shape index (κ1) is 15.7. The second-order valence-corrected chi connectivity index (χ2v) is 5.48. The third kappa shape index (κ3) is 3.33. The molecule has 21 heavy (non-hydrogen) atoms. The van der Waals surface area contributed by atoms with Gasteiger partial charge in [-0.15, -0.1) is 11.6 Å². The molecule has 1 fully saturated rings. The lowest BCUT2D eigenvalue weighted by molar-refractivity contribution is -0.385. The second kappa shape index (κ2) is 6.41. The first-order chi connectivity index (χ1) is 9.99. The molecule has 0 unspecified atom stereocenters. The largest absolute Gasteiger partial charge is 0.381 e. The highest BCUT2D eigenvalue weighted by atomic mass is 35.5. The molecular formula is C14H17ClN2O4. The number of nitro groups is 1. The zero-order chi connectivity index (χ0) is 15.5. The number of ether oxygens (including phenoxy) is 1. The summed E-state index contributed by atoms with van der Waals surface area (Å²) in [5.74, 6) is -0.213. The minimum atomic E-state index is -0.561. The predicted molar refractivity (Wildman–Crippen MR) is 78.8 cm³/mol. The van der Waals surface area contributed by atoms with Gasteiger partial charge in [-0.25, -0.2) is 0 Å². The molecule has 0 radical (unpaired) electrons. The fourth-order valence-corrected chi connectivity index (χ4v) is 2.78. The van der Waals surface area contributed by atoms with Crippen LogP contribution in [0.4, 0.5) is 5.69 Å². The monoisotopic (exact) mass is 312 g/mol. The number of rotatable bonds is 4. The van der Waals surface area contributed by atoms with Crippen LogP contribution in [0.1, 0.15) is 28.8 Å². The van der Waals surface area contributed by atoms with Crippen molar-refractivity contribution in [1.29, 1.82) is 0 Å². The van der Waals surface area contributed by atoms with E-state index in [0.29, 0.717) is 31.6 Å². The molecule has 1 aliphatic heterocycles. The molecule has 1 saturated heterocycles. The lowest BCUT2D eigenvalue weighted by Gasteiger charge is -2.36. The van der Waals surface area contributed by atoms with Gasteiger partial charge in [0.2, 0.25) is 0 Å². The molecule has 0 spiro atoms. The van der Waals surface area contributed by atoms with Gasteiger partial charge in [-0.3, -0.25) is 14.9 Å². The summed E-state index contributed by atoms with van der Waals surface area (Å²) in [6.07, 6.45) is 1.20. The van der Waals surface area contributed by atoms with E-state index in [2.05, 4.69) is 5.32 Å². The molecule has 114 valence electrons. The van der Waals surface area contributed by atoms with Gasteiger partial charge in [-0.1, -0.05) is 12.1 Å². The lowest BCUT2D eigenvalue weighted by Crippen LogP contribution is -2.53. The Balaban J connectivity index is 2.28. The summed E-state index contributed by atoms with van der Waals surface area (Å²) in [6, 6.07) is 4.71. The summed E-state index contributed by atoms with van der Waals surface area (Å²) in [4.78, 5) is 23.1. The molecule has 1 heterocycles. The maximum absolute atomic E-state index is 12.4. The number of halogens is 1. The van der Waals surface area contributed by atoms with Gasteiger partial charge in [-0.05, 0) is 25.8 Å². The van der Waals surface area contributed by atoms with Crippen LogP contribution in [0.3, 0.4) is 0 Å². The third-order valence-electron chi connectivity index (χ3n) is 3.75. The van der Waals surface area contributed by atoms with E-state index >= 15 is 0 Å². The van der Waals surface area contributed by atoms with E-state index in [1.54, 1.807) is 19.1 Å². The zero-order valence-corrected chi connectivity index (χ0v) is 12.5. The number of benzene rings is 1. The van der Waals surface area contributed by atoms with E-state index in [1.807, 2.05) is 0 Å². The number of hydrogen-bond donors (Lipinski definition) is 1. The highest BCUT2D eigenvalue weighted by molar-refractivity contribution is 6.19. The van der Waals surface area contributed by atoms with Crippen LogP contribution in [0.15, 0.2) is 18.2 Å². The van der Waals surface area contributed by atoms with Gasteiger partial charge in [-0.2, -0.15) is 0 Å². The standard InChI is InChI=1S/C14H17ClN2O4/c1-10-3-2-4-11(12(10)17(19)20)13(18)16-14(9-15)5-7-21-8-6-14/h2-4H,5-9H2,1H3,(H,16,18). The van der Waals surface area contributed by atoms with E-state index in [1.165, 1.54) is 6.07 Å². The summed E-state index contributed by atoms with van der Waals surface area (Å²) in [7, 11) is 0. The van der Waals surface area contributed by atoms with E-state index < -0.39 is 16.4 Å². The van der Waals surface area contributed by atoms with E-state index in [9.17, 15) is 14.9 Å². The Morgan fingerprint density at radius 1 is 1.48 bits per heavy atom. The summed E-state index contributed by atoms with van der Waals surface area (Å²) in [5.41, 5.74) is -0.198. The van der Waals surface area contributed by atoms with Gasteiger partial charge in [0.05, 0.1) is 10.5 Å². The first-order valence-corrected chi connectivity index (χ1v) is 7.23. The number of nitrogens with one attached hydrogen (secondary N) is 1. The zero-order valence-electron chi connectivity index (χ0n) is 11.7. The number of nitro benzene ring substituents is 1. The maximum Gasteiger partial charge on any atom is 0.285 e. The Labute approximate surface area is 127 Å². The van der Waals surface area contributed by atoms with E-state index in [4.69, 9.17) is 16.3 Å². The second-order valence-electron chi connectivity index (χ2n) is 5.21. The molecule has 0 bridgehead atoms. The number of para-hydroxylation sites is 1. The third-order valence-corrected chi connectivity index (χ3v) is 4.26. The molecule has 1 amide bonds. The van der Waals surface area contributed by atoms with Crippen LogP contribution in [0, 0.1) is 17.0 Å². The van der Waals surface area contributed by atoms with Crippen LogP contribution in [0.25, 0.3) is 0 Å². The molecule has 1 aromatic carbocycles. The SMILES string of the molecule is Cc1cccc(C(=O)NC2(CCl)CCOCC2)c1[N+](=O)[O-]. The molecule has 1 aromatic rings. The highest BCUT2D eigenvalue weighted by Crippen LogP contribution is 2.26.